The Morgan fingerprint density at radius 3 is 1.91 bits per heavy atom. The van der Waals surface area contributed by atoms with E-state index in [0.29, 0.717) is 24.8 Å². The number of esters is 1. The maximum atomic E-state index is 14.2. The molecule has 2 aliphatic rings. The van der Waals surface area contributed by atoms with Crippen LogP contribution in [0.4, 0.5) is 4.79 Å². The van der Waals surface area contributed by atoms with E-state index in [0.717, 1.165) is 5.56 Å². The molecule has 2 aromatic rings. The molecule has 0 unspecified atom stereocenters. The van der Waals surface area contributed by atoms with Crippen molar-refractivity contribution in [3.63, 3.8) is 0 Å². The molecular weight excluding hydrogens is 881 g/mol. The second kappa shape index (κ2) is 25.0. The predicted molar refractivity (Wildman–Crippen MR) is 248 cm³/mol. The third-order valence-electron chi connectivity index (χ3n) is 11.0. The van der Waals surface area contributed by atoms with Gasteiger partial charge in [0.05, 0.1) is 18.2 Å². The Hall–Kier alpha value is -6.57. The van der Waals surface area contributed by atoms with Crippen molar-refractivity contribution in [2.24, 2.45) is 5.73 Å². The average Bonchev–Trinajstić information content (AvgIpc) is 3.98. The molecule has 4 rings (SSSR count). The molecule has 68 heavy (non-hydrogen) atoms. The minimum absolute atomic E-state index is 0.0133. The standard InChI is InChI=1S/C48H68N8O12/c1-30(67-47(2,3)4)40(45(64)56-25-14-20-35(56)41(49)60)54-43(62)33(22-23-39(59)68-48(5,6)7)53-44(63)36-21-15-24-55(36)38(58)28-50-42(61)34(26-31-16-10-8-11-17-31)52-37(57)27-51-46(65)66-29-32-18-12-9-13-19-32/h8-13,16-19,30,33-36,40H,14-15,20-29H2,1-7H3,(H2,49,60)(H,50,61)(H,51,65)(H,52,57)(H,53,63)(H,54,62)/t30-,33+,34+,35+,36+,40+/m1/s1. The first kappa shape index (κ1) is 54.0. The highest BCUT2D eigenvalue weighted by Gasteiger charge is 2.42. The van der Waals surface area contributed by atoms with Crippen LogP contribution in [0.3, 0.4) is 0 Å². The molecule has 0 saturated carbocycles. The lowest BCUT2D eigenvalue weighted by Crippen LogP contribution is -2.61. The molecule has 372 valence electrons. The van der Waals surface area contributed by atoms with Gasteiger partial charge in [0.25, 0.3) is 0 Å². The molecule has 2 aliphatic heterocycles. The van der Waals surface area contributed by atoms with Crippen LogP contribution in [0.5, 0.6) is 0 Å². The molecule has 2 aromatic carbocycles. The summed E-state index contributed by atoms with van der Waals surface area (Å²) in [5, 5.41) is 12.9. The van der Waals surface area contributed by atoms with Gasteiger partial charge in [0.1, 0.15) is 49.0 Å². The summed E-state index contributed by atoms with van der Waals surface area (Å²) in [4.78, 5) is 123. The smallest absolute Gasteiger partial charge is 0.407 e. The monoisotopic (exact) mass is 948 g/mol. The molecular formula is C48H68N8O12. The molecule has 0 bridgehead atoms. The Labute approximate surface area is 397 Å². The zero-order valence-corrected chi connectivity index (χ0v) is 40.1. The molecule has 2 heterocycles. The number of ether oxygens (including phenoxy) is 3. The van der Waals surface area contributed by atoms with Crippen LogP contribution in [-0.2, 0) is 65.6 Å². The summed E-state index contributed by atoms with van der Waals surface area (Å²) in [6, 6.07) is 11.9. The highest BCUT2D eigenvalue weighted by atomic mass is 16.6. The predicted octanol–water partition coefficient (Wildman–Crippen LogP) is 1.52. The quantitative estimate of drug-likeness (QED) is 0.0973. The van der Waals surface area contributed by atoms with Crippen LogP contribution in [0.2, 0.25) is 0 Å². The Balaban J connectivity index is 1.45. The number of primary amides is 1. The van der Waals surface area contributed by atoms with Gasteiger partial charge in [0.15, 0.2) is 0 Å². The van der Waals surface area contributed by atoms with Gasteiger partial charge >= 0.3 is 12.1 Å². The van der Waals surface area contributed by atoms with E-state index in [1.807, 2.05) is 6.07 Å². The number of carbonyl (C=O) groups is 9. The first-order valence-electron chi connectivity index (χ1n) is 23.0. The van der Waals surface area contributed by atoms with Crippen molar-refractivity contribution < 1.29 is 57.4 Å². The number of benzene rings is 2. The number of amides is 8. The minimum atomic E-state index is -1.41. The second-order valence-corrected chi connectivity index (χ2v) is 18.9. The van der Waals surface area contributed by atoms with Crippen LogP contribution >= 0.6 is 0 Å². The van der Waals surface area contributed by atoms with E-state index in [4.69, 9.17) is 19.9 Å². The normalized spacial score (nSPS) is 17.7. The van der Waals surface area contributed by atoms with E-state index in [2.05, 4.69) is 26.6 Å². The Morgan fingerprint density at radius 2 is 1.31 bits per heavy atom. The average molecular weight is 949 g/mol. The molecule has 0 aliphatic carbocycles. The third-order valence-corrected chi connectivity index (χ3v) is 11.0. The number of hydrogen-bond acceptors (Lipinski definition) is 12. The summed E-state index contributed by atoms with van der Waals surface area (Å²) in [6.07, 6.45) is -0.774. The molecule has 0 aromatic heterocycles. The lowest BCUT2D eigenvalue weighted by molar-refractivity contribution is -0.155. The molecule has 0 radical (unpaired) electrons. The molecule has 2 fully saturated rings. The van der Waals surface area contributed by atoms with E-state index in [1.165, 1.54) is 9.80 Å². The fraction of sp³-hybridized carbons (Fsp3) is 0.562. The fourth-order valence-corrected chi connectivity index (χ4v) is 7.91. The van der Waals surface area contributed by atoms with Gasteiger partial charge in [-0.2, -0.15) is 0 Å². The van der Waals surface area contributed by atoms with Crippen molar-refractivity contribution in [1.82, 2.24) is 36.4 Å². The van der Waals surface area contributed by atoms with Crippen molar-refractivity contribution in [2.45, 2.75) is 148 Å². The van der Waals surface area contributed by atoms with Crippen molar-refractivity contribution in [1.29, 1.82) is 0 Å². The van der Waals surface area contributed by atoms with Crippen LogP contribution in [0.1, 0.15) is 98.1 Å². The summed E-state index contributed by atoms with van der Waals surface area (Å²) in [6.45, 7) is 11.3. The molecule has 20 nitrogen and oxygen atoms in total. The van der Waals surface area contributed by atoms with Gasteiger partial charge < -0.3 is 56.3 Å². The Morgan fingerprint density at radius 1 is 0.706 bits per heavy atom. The van der Waals surface area contributed by atoms with E-state index in [9.17, 15) is 43.2 Å². The van der Waals surface area contributed by atoms with E-state index in [-0.39, 0.29) is 45.4 Å². The first-order chi connectivity index (χ1) is 32.0. The van der Waals surface area contributed by atoms with Crippen LogP contribution in [0.15, 0.2) is 60.7 Å². The number of rotatable bonds is 21. The van der Waals surface area contributed by atoms with Crippen LogP contribution in [0, 0.1) is 0 Å². The van der Waals surface area contributed by atoms with Gasteiger partial charge in [-0.25, -0.2) is 4.79 Å². The van der Waals surface area contributed by atoms with E-state index < -0.39 is 114 Å². The largest absolute Gasteiger partial charge is 0.460 e. The van der Waals surface area contributed by atoms with E-state index >= 15 is 0 Å². The summed E-state index contributed by atoms with van der Waals surface area (Å²) >= 11 is 0. The minimum Gasteiger partial charge on any atom is -0.460 e. The van der Waals surface area contributed by atoms with Gasteiger partial charge in [-0.1, -0.05) is 60.7 Å². The maximum Gasteiger partial charge on any atom is 0.407 e. The Kier molecular flexibility index (Phi) is 19.9. The SMILES string of the molecule is C[C@@H](OC(C)(C)C)[C@H](NC(=O)[C@H](CCC(=O)OC(C)(C)C)NC(=O)[C@@H]1CCCN1C(=O)CNC(=O)[C@H](Cc1ccccc1)NC(=O)CNC(=O)OCc1ccccc1)C(=O)N1CCC[C@H]1C(N)=O. The second-order valence-electron chi connectivity index (χ2n) is 18.9. The van der Waals surface area contributed by atoms with Gasteiger partial charge in [0, 0.05) is 25.9 Å². The number of nitrogens with one attached hydrogen (secondary N) is 5. The zero-order chi connectivity index (χ0) is 50.2. The van der Waals surface area contributed by atoms with Crippen molar-refractivity contribution in [3.05, 3.63) is 71.8 Å². The molecule has 20 heteroatoms. The molecule has 2 saturated heterocycles. The lowest BCUT2D eigenvalue weighted by Gasteiger charge is -2.35. The molecule has 8 amide bonds. The summed E-state index contributed by atoms with van der Waals surface area (Å²) in [5.74, 6) is -5.49. The van der Waals surface area contributed by atoms with Gasteiger partial charge in [-0.05, 0) is 91.7 Å². The fourth-order valence-electron chi connectivity index (χ4n) is 7.91. The van der Waals surface area contributed by atoms with E-state index in [1.54, 1.807) is 103 Å². The number of nitrogens with two attached hydrogens (primary N) is 1. The summed E-state index contributed by atoms with van der Waals surface area (Å²) in [7, 11) is 0. The van der Waals surface area contributed by atoms with Crippen LogP contribution < -0.4 is 32.3 Å². The Bertz CT molecular complexity index is 2090. The summed E-state index contributed by atoms with van der Waals surface area (Å²) < 4.78 is 16.7. The maximum absolute atomic E-state index is 14.2. The topological polar surface area (TPSA) is 274 Å². The van der Waals surface area contributed by atoms with Gasteiger partial charge in [0.2, 0.25) is 41.4 Å². The number of alkyl carbamates (subject to hydrolysis) is 1. The van der Waals surface area contributed by atoms with Gasteiger partial charge in [-0.15, -0.1) is 0 Å². The van der Waals surface area contributed by atoms with Crippen molar-refractivity contribution >= 4 is 53.4 Å². The van der Waals surface area contributed by atoms with Crippen LogP contribution in [-0.4, -0.2) is 137 Å². The molecule has 7 N–H and O–H groups in total. The highest BCUT2D eigenvalue weighted by molar-refractivity contribution is 5.97. The van der Waals surface area contributed by atoms with Crippen molar-refractivity contribution in [2.75, 3.05) is 26.2 Å². The van der Waals surface area contributed by atoms with Gasteiger partial charge in [-0.3, -0.25) is 38.4 Å². The molecule has 0 spiro atoms. The highest BCUT2D eigenvalue weighted by Crippen LogP contribution is 2.23. The van der Waals surface area contributed by atoms with Crippen LogP contribution in [0.25, 0.3) is 0 Å². The third kappa shape index (κ3) is 17.6. The number of likely N-dealkylation sites (tertiary alicyclic amines) is 2. The number of hydrogen-bond donors (Lipinski definition) is 6. The summed E-state index contributed by atoms with van der Waals surface area (Å²) in [5.41, 5.74) is 5.48. The number of carbonyl (C=O) groups excluding carboxylic acids is 9. The first-order valence-corrected chi connectivity index (χ1v) is 23.0. The zero-order valence-electron chi connectivity index (χ0n) is 40.1. The van der Waals surface area contributed by atoms with Crippen molar-refractivity contribution in [3.8, 4) is 0 Å². The number of nitrogens with zero attached hydrogens (tertiary/aromatic N) is 2. The lowest BCUT2D eigenvalue weighted by atomic mass is 10.0. The molecule has 6 atom stereocenters.